The van der Waals surface area contributed by atoms with Crippen LogP contribution in [0.1, 0.15) is 30.6 Å². The van der Waals surface area contributed by atoms with E-state index in [-0.39, 0.29) is 18.3 Å². The standard InChI is InChI=1S/C21H21FN2O2S/c1-14(2)11-21(3,13-26-18-7-5-4-6-16(18)22)24-20(25)15-10-19-17(23-12-15)8-9-27-19/h4-10,12H,1,11,13H2,2-3H3,(H,24,25). The van der Waals surface area contributed by atoms with Crippen LogP contribution >= 0.6 is 11.3 Å². The van der Waals surface area contributed by atoms with Gasteiger partial charge in [0.2, 0.25) is 0 Å². The summed E-state index contributed by atoms with van der Waals surface area (Å²) in [6.45, 7) is 7.79. The summed E-state index contributed by atoms with van der Waals surface area (Å²) in [5.41, 5.74) is 1.49. The van der Waals surface area contributed by atoms with E-state index < -0.39 is 11.4 Å². The van der Waals surface area contributed by atoms with Gasteiger partial charge in [-0.1, -0.05) is 17.7 Å². The minimum absolute atomic E-state index is 0.112. The first-order valence-electron chi connectivity index (χ1n) is 8.54. The number of fused-ring (bicyclic) bond motifs is 1. The second-order valence-electron chi connectivity index (χ2n) is 6.90. The van der Waals surface area contributed by atoms with Gasteiger partial charge in [-0.3, -0.25) is 9.78 Å². The Morgan fingerprint density at radius 1 is 1.37 bits per heavy atom. The Morgan fingerprint density at radius 2 is 2.15 bits per heavy atom. The molecule has 0 fully saturated rings. The first kappa shape index (κ1) is 19.0. The second-order valence-corrected chi connectivity index (χ2v) is 7.84. The van der Waals surface area contributed by atoms with Crippen LogP contribution in [0.2, 0.25) is 0 Å². The number of halogens is 1. The van der Waals surface area contributed by atoms with Gasteiger partial charge in [0.25, 0.3) is 5.91 Å². The highest BCUT2D eigenvalue weighted by Gasteiger charge is 2.29. The maximum absolute atomic E-state index is 13.8. The molecule has 2 aromatic heterocycles. The fraction of sp³-hybridized carbons (Fsp3) is 0.238. The van der Waals surface area contributed by atoms with Gasteiger partial charge in [-0.05, 0) is 49.9 Å². The number of carbonyl (C=O) groups is 1. The number of pyridine rings is 1. The highest BCUT2D eigenvalue weighted by molar-refractivity contribution is 7.17. The molecule has 0 aliphatic rings. The van der Waals surface area contributed by atoms with Crippen LogP contribution in [0, 0.1) is 5.82 Å². The molecule has 0 spiro atoms. The molecule has 2 heterocycles. The molecule has 3 rings (SSSR count). The van der Waals surface area contributed by atoms with Crippen molar-refractivity contribution < 1.29 is 13.9 Å². The first-order valence-corrected chi connectivity index (χ1v) is 9.42. The molecule has 0 saturated heterocycles. The fourth-order valence-electron chi connectivity index (χ4n) is 2.91. The number of rotatable bonds is 7. The number of carbonyl (C=O) groups excluding carboxylic acids is 1. The molecule has 1 atom stereocenters. The average Bonchev–Trinajstić information content (AvgIpc) is 3.08. The summed E-state index contributed by atoms with van der Waals surface area (Å²) in [5.74, 6) is -0.533. The lowest BCUT2D eigenvalue weighted by Gasteiger charge is -2.31. The summed E-state index contributed by atoms with van der Waals surface area (Å²) in [6, 6.07) is 9.94. The van der Waals surface area contributed by atoms with Crippen LogP contribution in [-0.2, 0) is 0 Å². The Balaban J connectivity index is 1.77. The zero-order chi connectivity index (χ0) is 19.4. The highest BCUT2D eigenvalue weighted by Crippen LogP contribution is 2.23. The fourth-order valence-corrected chi connectivity index (χ4v) is 3.69. The van der Waals surface area contributed by atoms with Crippen molar-refractivity contribution in [2.45, 2.75) is 25.8 Å². The van der Waals surface area contributed by atoms with Gasteiger partial charge in [0, 0.05) is 6.20 Å². The number of amides is 1. The van der Waals surface area contributed by atoms with Crippen molar-refractivity contribution in [2.75, 3.05) is 6.61 Å². The molecule has 1 N–H and O–H groups in total. The molecule has 0 aliphatic heterocycles. The highest BCUT2D eigenvalue weighted by atomic mass is 32.1. The molecule has 0 aliphatic carbocycles. The number of nitrogens with zero attached hydrogens (tertiary/aromatic N) is 1. The van der Waals surface area contributed by atoms with Gasteiger partial charge in [0.05, 0.1) is 21.3 Å². The van der Waals surface area contributed by atoms with Crippen molar-refractivity contribution in [2.24, 2.45) is 0 Å². The van der Waals surface area contributed by atoms with Crippen molar-refractivity contribution in [3.05, 3.63) is 71.5 Å². The lowest BCUT2D eigenvalue weighted by atomic mass is 9.94. The minimum atomic E-state index is -0.740. The average molecular weight is 384 g/mol. The third kappa shape index (κ3) is 4.71. The molecule has 1 unspecified atom stereocenters. The van der Waals surface area contributed by atoms with Crippen LogP contribution in [0.4, 0.5) is 4.39 Å². The number of nitrogens with one attached hydrogen (secondary N) is 1. The van der Waals surface area contributed by atoms with E-state index in [0.29, 0.717) is 12.0 Å². The Morgan fingerprint density at radius 3 is 2.89 bits per heavy atom. The van der Waals surface area contributed by atoms with Gasteiger partial charge in [-0.15, -0.1) is 17.9 Å². The summed E-state index contributed by atoms with van der Waals surface area (Å²) in [6.07, 6.45) is 2.06. The van der Waals surface area contributed by atoms with E-state index in [1.807, 2.05) is 31.4 Å². The molecule has 0 radical (unpaired) electrons. The quantitative estimate of drug-likeness (QED) is 0.585. The predicted octanol–water partition coefficient (Wildman–Crippen LogP) is 4.97. The number of ether oxygens (including phenoxy) is 1. The lowest BCUT2D eigenvalue weighted by molar-refractivity contribution is 0.0864. The molecule has 27 heavy (non-hydrogen) atoms. The number of hydrogen-bond donors (Lipinski definition) is 1. The summed E-state index contributed by atoms with van der Waals surface area (Å²) in [4.78, 5) is 17.1. The summed E-state index contributed by atoms with van der Waals surface area (Å²) in [7, 11) is 0. The Labute approximate surface area is 161 Å². The number of benzene rings is 1. The molecule has 4 nitrogen and oxygen atoms in total. The van der Waals surface area contributed by atoms with Crippen molar-refractivity contribution in [1.82, 2.24) is 10.3 Å². The Kier molecular flexibility index (Phi) is 5.56. The largest absolute Gasteiger partial charge is 0.488 e. The smallest absolute Gasteiger partial charge is 0.253 e. The topological polar surface area (TPSA) is 51.2 Å². The summed E-state index contributed by atoms with van der Waals surface area (Å²) in [5, 5.41) is 4.94. The normalized spacial score (nSPS) is 13.1. The van der Waals surface area contributed by atoms with E-state index in [4.69, 9.17) is 4.74 Å². The van der Waals surface area contributed by atoms with Crippen molar-refractivity contribution in [1.29, 1.82) is 0 Å². The molecule has 1 aromatic carbocycles. The Hall–Kier alpha value is -2.73. The SMILES string of the molecule is C=C(C)CC(C)(COc1ccccc1F)NC(=O)c1cnc2ccsc2c1. The van der Waals surface area contributed by atoms with Gasteiger partial charge in [-0.25, -0.2) is 4.39 Å². The Bertz CT molecular complexity index is 985. The predicted molar refractivity (Wildman–Crippen MR) is 107 cm³/mol. The summed E-state index contributed by atoms with van der Waals surface area (Å²) < 4.78 is 20.4. The third-order valence-electron chi connectivity index (χ3n) is 4.06. The van der Waals surface area contributed by atoms with E-state index >= 15 is 0 Å². The van der Waals surface area contributed by atoms with E-state index in [2.05, 4.69) is 16.9 Å². The van der Waals surface area contributed by atoms with Crippen LogP contribution < -0.4 is 10.1 Å². The molecule has 0 saturated carbocycles. The lowest BCUT2D eigenvalue weighted by Crippen LogP contribution is -2.50. The van der Waals surface area contributed by atoms with E-state index in [1.165, 1.54) is 17.4 Å². The van der Waals surface area contributed by atoms with Gasteiger partial charge in [0.15, 0.2) is 11.6 Å². The molecule has 1 amide bonds. The van der Waals surface area contributed by atoms with Crippen molar-refractivity contribution >= 4 is 27.5 Å². The molecular weight excluding hydrogens is 363 g/mol. The number of thiophene rings is 1. The van der Waals surface area contributed by atoms with Crippen LogP contribution in [-0.4, -0.2) is 23.0 Å². The van der Waals surface area contributed by atoms with E-state index in [9.17, 15) is 9.18 Å². The van der Waals surface area contributed by atoms with Crippen LogP contribution in [0.15, 0.2) is 60.1 Å². The van der Waals surface area contributed by atoms with Crippen molar-refractivity contribution in [3.63, 3.8) is 0 Å². The number of hydrogen-bond acceptors (Lipinski definition) is 4. The monoisotopic (exact) mass is 384 g/mol. The molecule has 0 bridgehead atoms. The van der Waals surface area contributed by atoms with Crippen molar-refractivity contribution in [3.8, 4) is 5.75 Å². The van der Waals surface area contributed by atoms with Crippen LogP contribution in [0.25, 0.3) is 10.2 Å². The first-order chi connectivity index (χ1) is 12.9. The second kappa shape index (κ2) is 7.88. The van der Waals surface area contributed by atoms with Gasteiger partial charge < -0.3 is 10.1 Å². The molecule has 140 valence electrons. The maximum Gasteiger partial charge on any atom is 0.253 e. The maximum atomic E-state index is 13.8. The zero-order valence-corrected chi connectivity index (χ0v) is 16.1. The van der Waals surface area contributed by atoms with Crippen LogP contribution in [0.3, 0.4) is 0 Å². The number of aromatic nitrogens is 1. The minimum Gasteiger partial charge on any atom is -0.488 e. The molecular formula is C21H21FN2O2S. The van der Waals surface area contributed by atoms with Gasteiger partial charge in [-0.2, -0.15) is 0 Å². The number of para-hydroxylation sites is 1. The van der Waals surface area contributed by atoms with Gasteiger partial charge in [0.1, 0.15) is 6.61 Å². The van der Waals surface area contributed by atoms with Gasteiger partial charge >= 0.3 is 0 Å². The van der Waals surface area contributed by atoms with E-state index in [0.717, 1.165) is 15.8 Å². The molecule has 6 heteroatoms. The van der Waals surface area contributed by atoms with E-state index in [1.54, 1.807) is 24.4 Å². The zero-order valence-electron chi connectivity index (χ0n) is 15.3. The van der Waals surface area contributed by atoms with Crippen LogP contribution in [0.5, 0.6) is 5.75 Å². The summed E-state index contributed by atoms with van der Waals surface area (Å²) >= 11 is 1.53. The molecule has 3 aromatic rings. The third-order valence-corrected chi connectivity index (χ3v) is 4.91.